The van der Waals surface area contributed by atoms with Gasteiger partial charge in [0.1, 0.15) is 6.04 Å². The molecule has 0 aliphatic rings. The SMILES string of the molecule is O=C(NCCC(F)(F)F)NC(Cc1ccccc1)C(=O)O. The minimum atomic E-state index is -4.37. The van der Waals surface area contributed by atoms with Gasteiger partial charge < -0.3 is 15.7 Å². The van der Waals surface area contributed by atoms with E-state index in [1.165, 1.54) is 0 Å². The maximum atomic E-state index is 11.9. The van der Waals surface area contributed by atoms with E-state index in [4.69, 9.17) is 5.11 Å². The van der Waals surface area contributed by atoms with E-state index in [1.807, 2.05) is 5.32 Å². The van der Waals surface area contributed by atoms with Gasteiger partial charge in [0.05, 0.1) is 6.42 Å². The summed E-state index contributed by atoms with van der Waals surface area (Å²) in [5.41, 5.74) is 0.695. The van der Waals surface area contributed by atoms with Gasteiger partial charge in [0, 0.05) is 13.0 Å². The molecule has 8 heteroatoms. The highest BCUT2D eigenvalue weighted by Gasteiger charge is 2.27. The molecule has 1 rings (SSSR count). The zero-order valence-corrected chi connectivity index (χ0v) is 11.0. The monoisotopic (exact) mass is 304 g/mol. The number of carboxylic acid groups (broad SMARTS) is 1. The number of nitrogens with one attached hydrogen (secondary N) is 2. The largest absolute Gasteiger partial charge is 0.480 e. The van der Waals surface area contributed by atoms with Crippen molar-refractivity contribution in [1.82, 2.24) is 10.6 Å². The number of alkyl halides is 3. The Morgan fingerprint density at radius 1 is 1.19 bits per heavy atom. The number of benzene rings is 1. The molecule has 5 nitrogen and oxygen atoms in total. The van der Waals surface area contributed by atoms with Crippen LogP contribution >= 0.6 is 0 Å². The van der Waals surface area contributed by atoms with Crippen molar-refractivity contribution in [2.24, 2.45) is 0 Å². The smallest absolute Gasteiger partial charge is 0.390 e. The van der Waals surface area contributed by atoms with Gasteiger partial charge in [-0.2, -0.15) is 13.2 Å². The summed E-state index contributed by atoms with van der Waals surface area (Å²) in [5, 5.41) is 13.1. The first-order chi connectivity index (χ1) is 9.78. The molecule has 0 fully saturated rings. The average Bonchev–Trinajstić information content (AvgIpc) is 2.37. The van der Waals surface area contributed by atoms with Crippen LogP contribution in [0.2, 0.25) is 0 Å². The summed E-state index contributed by atoms with van der Waals surface area (Å²) in [4.78, 5) is 22.4. The van der Waals surface area contributed by atoms with Gasteiger partial charge in [-0.1, -0.05) is 30.3 Å². The lowest BCUT2D eigenvalue weighted by molar-refractivity contribution is -0.139. The Balaban J connectivity index is 2.47. The highest BCUT2D eigenvalue weighted by atomic mass is 19.4. The third-order valence-electron chi connectivity index (χ3n) is 2.58. The maximum Gasteiger partial charge on any atom is 0.390 e. The molecule has 1 unspecified atom stereocenters. The first kappa shape index (κ1) is 16.8. The fraction of sp³-hybridized carbons (Fsp3) is 0.385. The lowest BCUT2D eigenvalue weighted by atomic mass is 10.1. The van der Waals surface area contributed by atoms with Gasteiger partial charge in [0.15, 0.2) is 0 Å². The van der Waals surface area contributed by atoms with E-state index in [-0.39, 0.29) is 6.42 Å². The van der Waals surface area contributed by atoms with Gasteiger partial charge in [-0.15, -0.1) is 0 Å². The first-order valence-electron chi connectivity index (χ1n) is 6.16. The number of hydrogen-bond acceptors (Lipinski definition) is 2. The number of halogens is 3. The van der Waals surface area contributed by atoms with E-state index in [2.05, 4.69) is 5.32 Å². The Kier molecular flexibility index (Phi) is 6.01. The second kappa shape index (κ2) is 7.51. The number of amides is 2. The normalized spacial score (nSPS) is 12.5. The maximum absolute atomic E-state index is 11.9. The lowest BCUT2D eigenvalue weighted by Gasteiger charge is -2.15. The van der Waals surface area contributed by atoms with E-state index in [1.54, 1.807) is 30.3 Å². The lowest BCUT2D eigenvalue weighted by Crippen LogP contribution is -2.47. The third-order valence-corrected chi connectivity index (χ3v) is 2.58. The molecule has 1 atom stereocenters. The van der Waals surface area contributed by atoms with Crippen molar-refractivity contribution in [2.45, 2.75) is 25.1 Å². The van der Waals surface area contributed by atoms with Crippen LogP contribution in [-0.2, 0) is 11.2 Å². The van der Waals surface area contributed by atoms with E-state index in [0.717, 1.165) is 0 Å². The van der Waals surface area contributed by atoms with Gasteiger partial charge >= 0.3 is 18.2 Å². The highest BCUT2D eigenvalue weighted by molar-refractivity contribution is 5.82. The average molecular weight is 304 g/mol. The van der Waals surface area contributed by atoms with Gasteiger partial charge in [-0.25, -0.2) is 9.59 Å². The molecular weight excluding hydrogens is 289 g/mol. The Labute approximate surface area is 119 Å². The van der Waals surface area contributed by atoms with Crippen LogP contribution in [0.3, 0.4) is 0 Å². The second-order valence-corrected chi connectivity index (χ2v) is 4.35. The quantitative estimate of drug-likeness (QED) is 0.751. The summed E-state index contributed by atoms with van der Waals surface area (Å²) in [7, 11) is 0. The van der Waals surface area contributed by atoms with Crippen molar-refractivity contribution in [1.29, 1.82) is 0 Å². The predicted molar refractivity (Wildman–Crippen MR) is 68.8 cm³/mol. The standard InChI is InChI=1S/C13H15F3N2O3/c14-13(15,16)6-7-17-12(21)18-10(11(19)20)8-9-4-2-1-3-5-9/h1-5,10H,6-8H2,(H,19,20)(H2,17,18,21). The Morgan fingerprint density at radius 2 is 1.81 bits per heavy atom. The Bertz CT molecular complexity index is 477. The van der Waals surface area contributed by atoms with Crippen molar-refractivity contribution in [2.75, 3.05) is 6.54 Å². The molecule has 0 spiro atoms. The van der Waals surface area contributed by atoms with Crippen LogP contribution in [0.1, 0.15) is 12.0 Å². The van der Waals surface area contributed by atoms with Crippen molar-refractivity contribution in [3.05, 3.63) is 35.9 Å². The minimum Gasteiger partial charge on any atom is -0.480 e. The molecule has 0 bridgehead atoms. The summed E-state index contributed by atoms with van der Waals surface area (Å²) in [6, 6.07) is 6.44. The van der Waals surface area contributed by atoms with Crippen LogP contribution < -0.4 is 10.6 Å². The zero-order chi connectivity index (χ0) is 15.9. The summed E-state index contributed by atoms with van der Waals surface area (Å²) < 4.78 is 35.8. The van der Waals surface area contributed by atoms with Crippen LogP contribution in [0, 0.1) is 0 Å². The number of carbonyl (C=O) groups is 2. The van der Waals surface area contributed by atoms with E-state index >= 15 is 0 Å². The Hall–Kier alpha value is -2.25. The minimum absolute atomic E-state index is 0.0445. The fourth-order valence-corrected chi connectivity index (χ4v) is 1.58. The molecular formula is C13H15F3N2O3. The van der Waals surface area contributed by atoms with E-state index in [0.29, 0.717) is 5.56 Å². The van der Waals surface area contributed by atoms with Crippen molar-refractivity contribution in [3.63, 3.8) is 0 Å². The summed E-state index contributed by atoms with van der Waals surface area (Å²) in [5.74, 6) is -1.26. The zero-order valence-electron chi connectivity index (χ0n) is 11.0. The number of hydrogen-bond donors (Lipinski definition) is 3. The molecule has 21 heavy (non-hydrogen) atoms. The number of carboxylic acids is 1. The summed E-state index contributed by atoms with van der Waals surface area (Å²) in [6.07, 6.45) is -5.50. The van der Waals surface area contributed by atoms with Gasteiger partial charge in [-0.05, 0) is 5.56 Å². The molecule has 2 amide bonds. The molecule has 0 aliphatic heterocycles. The molecule has 0 radical (unpaired) electrons. The number of carbonyl (C=O) groups excluding carboxylic acids is 1. The molecule has 0 aromatic heterocycles. The topological polar surface area (TPSA) is 78.4 Å². The Morgan fingerprint density at radius 3 is 2.33 bits per heavy atom. The summed E-state index contributed by atoms with van der Waals surface area (Å²) in [6.45, 7) is -0.604. The van der Waals surface area contributed by atoms with Crippen LogP contribution in [0.15, 0.2) is 30.3 Å². The molecule has 3 N–H and O–H groups in total. The first-order valence-corrected chi connectivity index (χ1v) is 6.16. The highest BCUT2D eigenvalue weighted by Crippen LogP contribution is 2.18. The van der Waals surface area contributed by atoms with Gasteiger partial charge in [0.2, 0.25) is 0 Å². The van der Waals surface area contributed by atoms with Crippen molar-refractivity contribution < 1.29 is 27.9 Å². The summed E-state index contributed by atoms with van der Waals surface area (Å²) >= 11 is 0. The predicted octanol–water partition coefficient (Wildman–Crippen LogP) is 1.93. The van der Waals surface area contributed by atoms with Crippen molar-refractivity contribution in [3.8, 4) is 0 Å². The van der Waals surface area contributed by atoms with Gasteiger partial charge in [0.25, 0.3) is 0 Å². The molecule has 116 valence electrons. The molecule has 1 aromatic rings. The number of rotatable bonds is 6. The molecule has 0 saturated carbocycles. The van der Waals surface area contributed by atoms with Crippen LogP contribution in [0.5, 0.6) is 0 Å². The second-order valence-electron chi connectivity index (χ2n) is 4.35. The molecule has 0 heterocycles. The van der Waals surface area contributed by atoms with Crippen LogP contribution in [0.4, 0.5) is 18.0 Å². The fourth-order valence-electron chi connectivity index (χ4n) is 1.58. The third kappa shape index (κ3) is 7.19. The van der Waals surface area contributed by atoms with Crippen LogP contribution in [-0.4, -0.2) is 35.9 Å². The van der Waals surface area contributed by atoms with Crippen LogP contribution in [0.25, 0.3) is 0 Å². The van der Waals surface area contributed by atoms with Gasteiger partial charge in [-0.3, -0.25) is 0 Å². The molecule has 1 aromatic carbocycles. The number of urea groups is 1. The van der Waals surface area contributed by atoms with E-state index in [9.17, 15) is 22.8 Å². The molecule has 0 saturated heterocycles. The van der Waals surface area contributed by atoms with E-state index < -0.39 is 37.2 Å². The number of aliphatic carboxylic acids is 1. The molecule has 0 aliphatic carbocycles. The van der Waals surface area contributed by atoms with Crippen molar-refractivity contribution >= 4 is 12.0 Å².